The van der Waals surface area contributed by atoms with Crippen LogP contribution in [0.25, 0.3) is 22.3 Å². The Morgan fingerprint density at radius 1 is 1.00 bits per heavy atom. The maximum absolute atomic E-state index is 6.37. The van der Waals surface area contributed by atoms with Gasteiger partial charge in [-0.1, -0.05) is 45.7 Å². The van der Waals surface area contributed by atoms with Gasteiger partial charge in [0.1, 0.15) is 5.15 Å². The normalized spacial score (nSPS) is 11.1. The first-order valence-corrected chi connectivity index (χ1v) is 8.32. The first-order valence-electron chi connectivity index (χ1n) is 6.36. The van der Waals surface area contributed by atoms with E-state index in [1.54, 1.807) is 0 Å². The second-order valence-corrected chi connectivity index (χ2v) is 7.02. The minimum absolute atomic E-state index is 0.458. The van der Waals surface area contributed by atoms with Crippen LogP contribution in [0.5, 0.6) is 0 Å². The summed E-state index contributed by atoms with van der Waals surface area (Å²) in [5, 5.41) is 1.28. The molecule has 3 rings (SSSR count). The molecule has 0 aliphatic rings. The van der Waals surface area contributed by atoms with Gasteiger partial charge in [-0.15, -0.1) is 0 Å². The van der Waals surface area contributed by atoms with Gasteiger partial charge in [-0.05, 0) is 53.0 Å². The Morgan fingerprint density at radius 3 is 2.33 bits per heavy atom. The van der Waals surface area contributed by atoms with E-state index in [2.05, 4.69) is 62.8 Å². The third-order valence-corrected chi connectivity index (χ3v) is 4.73. The summed E-state index contributed by atoms with van der Waals surface area (Å²) in [4.78, 5) is 9.19. The van der Waals surface area contributed by atoms with E-state index in [9.17, 15) is 0 Å². The minimum atomic E-state index is 0.458. The molecule has 0 atom stereocenters. The Bertz CT molecular complexity index is 842. The Labute approximate surface area is 144 Å². The lowest BCUT2D eigenvalue weighted by Gasteiger charge is -2.11. The molecule has 0 aliphatic carbocycles. The molecule has 5 heteroatoms. The second-order valence-electron chi connectivity index (χ2n) is 4.89. The fourth-order valence-corrected chi connectivity index (χ4v) is 3.94. The van der Waals surface area contributed by atoms with Crippen molar-refractivity contribution in [2.24, 2.45) is 0 Å². The fourth-order valence-electron chi connectivity index (χ4n) is 2.40. The van der Waals surface area contributed by atoms with Gasteiger partial charge in [0.05, 0.1) is 5.52 Å². The quantitative estimate of drug-likeness (QED) is 0.440. The molecule has 0 bridgehead atoms. The number of fused-ring (bicyclic) bond motifs is 1. The molecule has 0 spiro atoms. The van der Waals surface area contributed by atoms with Crippen molar-refractivity contribution in [2.45, 2.75) is 13.8 Å². The lowest BCUT2D eigenvalue weighted by molar-refractivity contribution is 1.20. The van der Waals surface area contributed by atoms with Crippen molar-refractivity contribution in [3.05, 3.63) is 55.6 Å². The van der Waals surface area contributed by atoms with Crippen molar-refractivity contribution in [3.63, 3.8) is 0 Å². The predicted molar refractivity (Wildman–Crippen MR) is 94.9 cm³/mol. The summed E-state index contributed by atoms with van der Waals surface area (Å²) in [6.07, 6.45) is 0. The molecular weight excluding hydrogens is 415 g/mol. The van der Waals surface area contributed by atoms with Crippen LogP contribution >= 0.6 is 43.5 Å². The first kappa shape index (κ1) is 14.9. The monoisotopic (exact) mass is 424 g/mol. The zero-order chi connectivity index (χ0) is 15.1. The molecule has 0 saturated heterocycles. The molecule has 0 fully saturated rings. The third-order valence-electron chi connectivity index (χ3n) is 3.38. The molecular formula is C16H11Br2ClN2. The maximum Gasteiger partial charge on any atom is 0.162 e. The van der Waals surface area contributed by atoms with Crippen LogP contribution in [-0.2, 0) is 0 Å². The molecule has 0 N–H and O–H groups in total. The largest absolute Gasteiger partial charge is 0.227 e. The van der Waals surface area contributed by atoms with E-state index < -0.39 is 0 Å². The Hall–Kier alpha value is -0.970. The van der Waals surface area contributed by atoms with E-state index in [0.717, 1.165) is 36.5 Å². The highest BCUT2D eigenvalue weighted by Gasteiger charge is 2.14. The van der Waals surface area contributed by atoms with Crippen molar-refractivity contribution in [1.29, 1.82) is 0 Å². The molecule has 0 aliphatic heterocycles. The van der Waals surface area contributed by atoms with Crippen LogP contribution in [0.4, 0.5) is 0 Å². The number of benzene rings is 2. The molecule has 21 heavy (non-hydrogen) atoms. The highest BCUT2D eigenvalue weighted by Crippen LogP contribution is 2.34. The van der Waals surface area contributed by atoms with Gasteiger partial charge in [-0.3, -0.25) is 0 Å². The lowest BCUT2D eigenvalue weighted by Crippen LogP contribution is -1.96. The Kier molecular flexibility index (Phi) is 4.04. The van der Waals surface area contributed by atoms with Gasteiger partial charge in [-0.2, -0.15) is 0 Å². The van der Waals surface area contributed by atoms with Gasteiger partial charge in [-0.25, -0.2) is 9.97 Å². The van der Waals surface area contributed by atoms with E-state index in [1.807, 2.05) is 18.2 Å². The average molecular weight is 427 g/mol. The highest BCUT2D eigenvalue weighted by atomic mass is 79.9. The summed E-state index contributed by atoms with van der Waals surface area (Å²) in [6, 6.07) is 10.0. The molecule has 3 aromatic rings. The molecule has 2 aromatic carbocycles. The molecule has 1 aromatic heterocycles. The van der Waals surface area contributed by atoms with Crippen molar-refractivity contribution < 1.29 is 0 Å². The van der Waals surface area contributed by atoms with Crippen LogP contribution in [0.15, 0.2) is 39.3 Å². The summed E-state index contributed by atoms with van der Waals surface area (Å²) < 4.78 is 1.83. The van der Waals surface area contributed by atoms with Gasteiger partial charge < -0.3 is 0 Å². The molecule has 2 nitrogen and oxygen atoms in total. The van der Waals surface area contributed by atoms with Crippen LogP contribution in [0.3, 0.4) is 0 Å². The minimum Gasteiger partial charge on any atom is -0.227 e. The lowest BCUT2D eigenvalue weighted by atomic mass is 10.0. The smallest absolute Gasteiger partial charge is 0.162 e. The number of halogens is 3. The molecule has 0 unspecified atom stereocenters. The van der Waals surface area contributed by atoms with Crippen LogP contribution in [0, 0.1) is 13.8 Å². The number of hydrogen-bond donors (Lipinski definition) is 0. The van der Waals surface area contributed by atoms with Crippen LogP contribution in [-0.4, -0.2) is 9.97 Å². The topological polar surface area (TPSA) is 25.8 Å². The van der Waals surface area contributed by atoms with Crippen LogP contribution < -0.4 is 0 Å². The summed E-state index contributed by atoms with van der Waals surface area (Å²) in [5.41, 5.74) is 4.13. The summed E-state index contributed by atoms with van der Waals surface area (Å²) in [7, 11) is 0. The zero-order valence-corrected chi connectivity index (χ0v) is 15.3. The molecule has 106 valence electrons. The predicted octanol–water partition coefficient (Wildman–Crippen LogP) is 6.09. The number of rotatable bonds is 1. The highest BCUT2D eigenvalue weighted by molar-refractivity contribution is 9.11. The zero-order valence-electron chi connectivity index (χ0n) is 11.4. The van der Waals surface area contributed by atoms with Crippen molar-refractivity contribution in [2.75, 3.05) is 0 Å². The van der Waals surface area contributed by atoms with Gasteiger partial charge in [0.25, 0.3) is 0 Å². The first-order chi connectivity index (χ1) is 9.97. The summed E-state index contributed by atoms with van der Waals surface area (Å²) in [5.74, 6) is 0.658. The number of aromatic nitrogens is 2. The van der Waals surface area contributed by atoms with Crippen molar-refractivity contribution >= 4 is 54.4 Å². The second kappa shape index (κ2) is 5.67. The van der Waals surface area contributed by atoms with E-state index in [-0.39, 0.29) is 0 Å². The molecule has 0 amide bonds. The number of aryl methyl sites for hydroxylation is 2. The summed E-state index contributed by atoms with van der Waals surface area (Å²) >= 11 is 13.4. The SMILES string of the molecule is Cc1cccc(C)c1-c1nc(Cl)c2cc(Br)cc(Br)c2n1. The third kappa shape index (κ3) is 2.72. The van der Waals surface area contributed by atoms with Crippen LogP contribution in [0.2, 0.25) is 5.15 Å². The maximum atomic E-state index is 6.37. The summed E-state index contributed by atoms with van der Waals surface area (Å²) in [6.45, 7) is 4.11. The van der Waals surface area contributed by atoms with Gasteiger partial charge in [0.2, 0.25) is 0 Å². The standard InChI is InChI=1S/C16H11Br2ClN2/c1-8-4-3-5-9(2)13(8)16-20-14-11(15(19)21-16)6-10(17)7-12(14)18/h3-7H,1-2H3. The Balaban J connectivity index is 2.36. The van der Waals surface area contributed by atoms with Crippen LogP contribution in [0.1, 0.15) is 11.1 Å². The average Bonchev–Trinajstić information content (AvgIpc) is 2.40. The van der Waals surface area contributed by atoms with E-state index in [4.69, 9.17) is 16.6 Å². The van der Waals surface area contributed by atoms with Crippen molar-refractivity contribution in [1.82, 2.24) is 9.97 Å². The van der Waals surface area contributed by atoms with E-state index in [0.29, 0.717) is 11.0 Å². The van der Waals surface area contributed by atoms with Gasteiger partial charge in [0, 0.05) is 19.9 Å². The van der Waals surface area contributed by atoms with Crippen molar-refractivity contribution in [3.8, 4) is 11.4 Å². The molecule has 1 heterocycles. The fraction of sp³-hybridized carbons (Fsp3) is 0.125. The molecule has 0 saturated carbocycles. The number of nitrogens with zero attached hydrogens (tertiary/aromatic N) is 2. The Morgan fingerprint density at radius 2 is 1.67 bits per heavy atom. The van der Waals surface area contributed by atoms with Gasteiger partial charge in [0.15, 0.2) is 5.82 Å². The number of hydrogen-bond acceptors (Lipinski definition) is 2. The molecule has 0 radical (unpaired) electrons. The van der Waals surface area contributed by atoms with E-state index >= 15 is 0 Å². The van der Waals surface area contributed by atoms with Gasteiger partial charge >= 0.3 is 0 Å². The van der Waals surface area contributed by atoms with E-state index in [1.165, 1.54) is 0 Å².